The smallest absolute Gasteiger partial charge is 0.274 e. The number of rotatable bonds is 5. The number of hydrogen-bond donors (Lipinski definition) is 1. The lowest BCUT2D eigenvalue weighted by Gasteiger charge is -2.32. The van der Waals surface area contributed by atoms with Gasteiger partial charge in [0.2, 0.25) is 11.8 Å². The summed E-state index contributed by atoms with van der Waals surface area (Å²) < 4.78 is 6.71. The number of aromatic nitrogens is 2. The summed E-state index contributed by atoms with van der Waals surface area (Å²) in [5.74, 6) is -0.628. The summed E-state index contributed by atoms with van der Waals surface area (Å²) in [7, 11) is 3.32. The molecule has 1 atom stereocenters. The number of piperidine rings is 1. The number of methoxy groups -OCH3 is 1. The van der Waals surface area contributed by atoms with Crippen LogP contribution in [0.4, 0.5) is 5.69 Å². The highest BCUT2D eigenvalue weighted by Crippen LogP contribution is 2.26. The normalized spacial score (nSPS) is 18.2. The molecule has 0 bridgehead atoms. The van der Waals surface area contributed by atoms with E-state index in [0.717, 1.165) is 29.8 Å². The predicted molar refractivity (Wildman–Crippen MR) is 118 cm³/mol. The van der Waals surface area contributed by atoms with E-state index < -0.39 is 0 Å². The Labute approximate surface area is 187 Å². The van der Waals surface area contributed by atoms with Crippen molar-refractivity contribution < 1.29 is 19.1 Å². The molecule has 2 aliphatic rings. The van der Waals surface area contributed by atoms with Crippen LogP contribution < -0.4 is 5.32 Å². The zero-order valence-electron chi connectivity index (χ0n) is 18.5. The fraction of sp³-hybridized carbons (Fsp3) is 0.478. The molecule has 9 nitrogen and oxygen atoms in total. The SMILES string of the molecule is COCC(=O)N1CCc2c(c(C(=O)N3CCCC(C(=O)Nc4ccccc4)C3)nn2C)C1. The molecule has 2 aromatic rings. The zero-order chi connectivity index (χ0) is 22.7. The molecule has 1 unspecified atom stereocenters. The minimum atomic E-state index is -0.271. The lowest BCUT2D eigenvalue weighted by Crippen LogP contribution is -2.44. The van der Waals surface area contributed by atoms with E-state index >= 15 is 0 Å². The zero-order valence-corrected chi connectivity index (χ0v) is 18.5. The molecule has 0 spiro atoms. The van der Waals surface area contributed by atoms with E-state index in [0.29, 0.717) is 38.3 Å². The average molecular weight is 440 g/mol. The molecule has 170 valence electrons. The number of para-hydroxylation sites is 1. The minimum Gasteiger partial charge on any atom is -0.375 e. The number of carbonyl (C=O) groups excluding carboxylic acids is 3. The van der Waals surface area contributed by atoms with Crippen molar-refractivity contribution in [3.8, 4) is 0 Å². The van der Waals surface area contributed by atoms with Crippen molar-refractivity contribution in [1.82, 2.24) is 19.6 Å². The van der Waals surface area contributed by atoms with Gasteiger partial charge in [-0.05, 0) is 25.0 Å². The molecule has 1 saturated heterocycles. The van der Waals surface area contributed by atoms with Crippen molar-refractivity contribution in [2.75, 3.05) is 38.7 Å². The van der Waals surface area contributed by atoms with Crippen LogP contribution >= 0.6 is 0 Å². The number of carbonyl (C=O) groups is 3. The fourth-order valence-electron chi connectivity index (χ4n) is 4.48. The van der Waals surface area contributed by atoms with Gasteiger partial charge in [0.15, 0.2) is 5.69 Å². The van der Waals surface area contributed by atoms with Crippen molar-refractivity contribution in [2.45, 2.75) is 25.8 Å². The number of ether oxygens (including phenoxy) is 1. The number of likely N-dealkylation sites (tertiary alicyclic amines) is 1. The molecular weight excluding hydrogens is 410 g/mol. The number of nitrogens with one attached hydrogen (secondary N) is 1. The quantitative estimate of drug-likeness (QED) is 0.761. The van der Waals surface area contributed by atoms with Crippen LogP contribution in [0.3, 0.4) is 0 Å². The molecule has 3 heterocycles. The van der Waals surface area contributed by atoms with Gasteiger partial charge in [-0.2, -0.15) is 5.10 Å². The van der Waals surface area contributed by atoms with Crippen molar-refractivity contribution in [1.29, 1.82) is 0 Å². The summed E-state index contributed by atoms with van der Waals surface area (Å²) >= 11 is 0. The molecule has 4 rings (SSSR count). The molecular formula is C23H29N5O4. The first kappa shape index (κ1) is 22.0. The standard InChI is InChI=1S/C23H29N5O4/c1-26-19-10-12-27(20(29)15-32-2)14-18(19)21(25-26)23(31)28-11-6-7-16(13-28)22(30)24-17-8-4-3-5-9-17/h3-5,8-9,16H,6-7,10-15H2,1-2H3,(H,24,30). The third-order valence-corrected chi connectivity index (χ3v) is 6.19. The molecule has 1 fully saturated rings. The van der Waals surface area contributed by atoms with Gasteiger partial charge in [-0.15, -0.1) is 0 Å². The monoisotopic (exact) mass is 439 g/mol. The molecule has 3 amide bonds. The first-order chi connectivity index (χ1) is 15.5. The molecule has 1 N–H and O–H groups in total. The lowest BCUT2D eigenvalue weighted by molar-refractivity contribution is -0.136. The first-order valence-electron chi connectivity index (χ1n) is 10.9. The highest BCUT2D eigenvalue weighted by molar-refractivity contribution is 5.96. The van der Waals surface area contributed by atoms with Crippen LogP contribution in [-0.4, -0.2) is 70.7 Å². The Kier molecular flexibility index (Phi) is 6.55. The van der Waals surface area contributed by atoms with Gasteiger partial charge in [0.25, 0.3) is 5.91 Å². The summed E-state index contributed by atoms with van der Waals surface area (Å²) in [5.41, 5.74) is 2.90. The van der Waals surface area contributed by atoms with Crippen molar-refractivity contribution >= 4 is 23.4 Å². The van der Waals surface area contributed by atoms with Crippen LogP contribution in [0.1, 0.15) is 34.6 Å². The molecule has 0 saturated carbocycles. The van der Waals surface area contributed by atoms with Crippen LogP contribution in [0.5, 0.6) is 0 Å². The predicted octanol–water partition coefficient (Wildman–Crippen LogP) is 1.44. The van der Waals surface area contributed by atoms with E-state index in [1.54, 1.807) is 14.5 Å². The third-order valence-electron chi connectivity index (χ3n) is 6.19. The number of amides is 3. The number of anilines is 1. The molecule has 9 heteroatoms. The Morgan fingerprint density at radius 1 is 1.16 bits per heavy atom. The Morgan fingerprint density at radius 3 is 2.69 bits per heavy atom. The van der Waals surface area contributed by atoms with Gasteiger partial charge in [-0.1, -0.05) is 18.2 Å². The van der Waals surface area contributed by atoms with E-state index in [9.17, 15) is 14.4 Å². The van der Waals surface area contributed by atoms with E-state index in [1.807, 2.05) is 37.4 Å². The highest BCUT2D eigenvalue weighted by atomic mass is 16.5. The van der Waals surface area contributed by atoms with Crippen LogP contribution in [0.2, 0.25) is 0 Å². The van der Waals surface area contributed by atoms with Gasteiger partial charge in [-0.3, -0.25) is 19.1 Å². The van der Waals surface area contributed by atoms with Crippen LogP contribution in [0.25, 0.3) is 0 Å². The molecule has 1 aromatic heterocycles. The second-order valence-corrected chi connectivity index (χ2v) is 8.34. The maximum atomic E-state index is 13.4. The van der Waals surface area contributed by atoms with Gasteiger partial charge < -0.3 is 19.9 Å². The highest BCUT2D eigenvalue weighted by Gasteiger charge is 2.34. The van der Waals surface area contributed by atoms with Gasteiger partial charge in [0.1, 0.15) is 6.61 Å². The largest absolute Gasteiger partial charge is 0.375 e. The number of benzene rings is 1. The Hall–Kier alpha value is -3.20. The van der Waals surface area contributed by atoms with Gasteiger partial charge in [0, 0.05) is 63.7 Å². The van der Waals surface area contributed by atoms with E-state index in [2.05, 4.69) is 10.4 Å². The minimum absolute atomic E-state index is 0.0171. The number of fused-ring (bicyclic) bond motifs is 1. The number of nitrogens with zero attached hydrogens (tertiary/aromatic N) is 4. The summed E-state index contributed by atoms with van der Waals surface area (Å²) in [6, 6.07) is 9.34. The molecule has 1 aromatic carbocycles. The average Bonchev–Trinajstić information content (AvgIpc) is 3.15. The Balaban J connectivity index is 1.47. The third kappa shape index (κ3) is 4.52. The van der Waals surface area contributed by atoms with Gasteiger partial charge in [0.05, 0.1) is 5.92 Å². The molecule has 2 aliphatic heterocycles. The lowest BCUT2D eigenvalue weighted by atomic mass is 9.96. The van der Waals surface area contributed by atoms with E-state index in [1.165, 1.54) is 7.11 Å². The second-order valence-electron chi connectivity index (χ2n) is 8.34. The van der Waals surface area contributed by atoms with Crippen molar-refractivity contribution in [2.24, 2.45) is 13.0 Å². The van der Waals surface area contributed by atoms with Crippen molar-refractivity contribution in [3.63, 3.8) is 0 Å². The topological polar surface area (TPSA) is 96.8 Å². The van der Waals surface area contributed by atoms with Gasteiger partial charge in [-0.25, -0.2) is 0 Å². The summed E-state index contributed by atoms with van der Waals surface area (Å²) in [4.78, 5) is 41.9. The molecule has 0 radical (unpaired) electrons. The number of hydrogen-bond acceptors (Lipinski definition) is 5. The van der Waals surface area contributed by atoms with E-state index in [-0.39, 0.29) is 30.2 Å². The van der Waals surface area contributed by atoms with Crippen LogP contribution in [-0.2, 0) is 34.3 Å². The van der Waals surface area contributed by atoms with Gasteiger partial charge >= 0.3 is 0 Å². The maximum Gasteiger partial charge on any atom is 0.274 e. The summed E-state index contributed by atoms with van der Waals surface area (Å²) in [6.07, 6.45) is 2.14. The van der Waals surface area contributed by atoms with E-state index in [4.69, 9.17) is 4.74 Å². The second kappa shape index (κ2) is 9.52. The van der Waals surface area contributed by atoms with Crippen LogP contribution in [0, 0.1) is 5.92 Å². The fourth-order valence-corrected chi connectivity index (χ4v) is 4.48. The van der Waals surface area contributed by atoms with Crippen molar-refractivity contribution in [3.05, 3.63) is 47.3 Å². The molecule has 32 heavy (non-hydrogen) atoms. The Morgan fingerprint density at radius 2 is 1.94 bits per heavy atom. The number of aryl methyl sites for hydroxylation is 1. The van der Waals surface area contributed by atoms with Crippen LogP contribution in [0.15, 0.2) is 30.3 Å². The first-order valence-corrected chi connectivity index (χ1v) is 10.9. The summed E-state index contributed by atoms with van der Waals surface area (Å²) in [6.45, 7) is 1.88. The summed E-state index contributed by atoms with van der Waals surface area (Å²) in [5, 5.41) is 7.44. The maximum absolute atomic E-state index is 13.4. The molecule has 0 aliphatic carbocycles. The Bertz CT molecular complexity index is 1000.